The van der Waals surface area contributed by atoms with Crippen molar-refractivity contribution >= 4 is 17.3 Å². The van der Waals surface area contributed by atoms with Gasteiger partial charge in [-0.15, -0.1) is 11.3 Å². The Morgan fingerprint density at radius 3 is 2.95 bits per heavy atom. The zero-order chi connectivity index (χ0) is 14.6. The van der Waals surface area contributed by atoms with E-state index in [1.54, 1.807) is 18.4 Å². The van der Waals surface area contributed by atoms with Crippen molar-refractivity contribution in [1.82, 2.24) is 15.6 Å². The lowest BCUT2D eigenvalue weighted by molar-refractivity contribution is -0.0922. The molecule has 2 N–H and O–H groups in total. The number of nitrogens with one attached hydrogen (secondary N) is 2. The molecule has 20 heavy (non-hydrogen) atoms. The topological polar surface area (TPSA) is 58.5 Å². The number of guanidine groups is 1. The van der Waals surface area contributed by atoms with Gasteiger partial charge in [-0.25, -0.2) is 9.98 Å². The summed E-state index contributed by atoms with van der Waals surface area (Å²) in [5, 5.41) is 9.80. The molecule has 1 aliphatic rings. The number of hydrogen-bond donors (Lipinski definition) is 2. The van der Waals surface area contributed by atoms with Crippen LogP contribution in [0.2, 0.25) is 0 Å². The Kier molecular flexibility index (Phi) is 4.99. The maximum absolute atomic E-state index is 5.48. The lowest BCUT2D eigenvalue weighted by Crippen LogP contribution is -2.63. The Hall–Kier alpha value is -1.14. The molecular weight excluding hydrogens is 272 g/mol. The van der Waals surface area contributed by atoms with Gasteiger partial charge in [0.15, 0.2) is 5.96 Å². The highest BCUT2D eigenvalue weighted by atomic mass is 32.1. The summed E-state index contributed by atoms with van der Waals surface area (Å²) in [5.41, 5.74) is 0.131. The number of thiazole rings is 1. The third-order valence-corrected chi connectivity index (χ3v) is 4.74. The zero-order valence-corrected chi connectivity index (χ0v) is 13.5. The zero-order valence-electron chi connectivity index (χ0n) is 12.6. The first-order chi connectivity index (χ1) is 9.57. The van der Waals surface area contributed by atoms with E-state index < -0.39 is 0 Å². The number of aromatic nitrogens is 1. The van der Waals surface area contributed by atoms with E-state index in [9.17, 15) is 0 Å². The van der Waals surface area contributed by atoms with Gasteiger partial charge in [-0.2, -0.15) is 0 Å². The van der Waals surface area contributed by atoms with Crippen molar-refractivity contribution in [3.63, 3.8) is 0 Å². The van der Waals surface area contributed by atoms with E-state index in [1.807, 2.05) is 11.6 Å². The molecule has 0 aromatic carbocycles. The molecule has 0 spiro atoms. The van der Waals surface area contributed by atoms with Crippen LogP contribution >= 0.6 is 11.3 Å². The molecule has 0 saturated heterocycles. The minimum atomic E-state index is 0.131. The number of nitrogens with zero attached hydrogens (tertiary/aromatic N) is 2. The SMILES string of the molecule is CCNC(=NCc1nccs1)NC1CC(OC)C1(C)C. The van der Waals surface area contributed by atoms with E-state index in [4.69, 9.17) is 4.74 Å². The first-order valence-corrected chi connectivity index (χ1v) is 7.92. The highest BCUT2D eigenvalue weighted by molar-refractivity contribution is 7.09. The van der Waals surface area contributed by atoms with Crippen LogP contribution in [0.3, 0.4) is 0 Å². The van der Waals surface area contributed by atoms with Gasteiger partial charge in [0.2, 0.25) is 0 Å². The average Bonchev–Trinajstić information content (AvgIpc) is 2.93. The molecule has 1 heterocycles. The molecule has 1 aromatic heterocycles. The van der Waals surface area contributed by atoms with Crippen LogP contribution in [0.15, 0.2) is 16.6 Å². The molecule has 5 nitrogen and oxygen atoms in total. The molecule has 1 aromatic rings. The summed E-state index contributed by atoms with van der Waals surface area (Å²) in [6.07, 6.45) is 3.15. The summed E-state index contributed by atoms with van der Waals surface area (Å²) >= 11 is 1.63. The first-order valence-electron chi connectivity index (χ1n) is 7.04. The summed E-state index contributed by atoms with van der Waals surface area (Å²) in [5.74, 6) is 0.857. The second-order valence-corrected chi connectivity index (χ2v) is 6.58. The van der Waals surface area contributed by atoms with Gasteiger partial charge in [0.25, 0.3) is 0 Å². The lowest BCUT2D eigenvalue weighted by Gasteiger charge is -2.51. The number of ether oxygens (including phenoxy) is 1. The normalized spacial score (nSPS) is 25.1. The molecule has 2 unspecified atom stereocenters. The second kappa shape index (κ2) is 6.54. The molecular formula is C14H24N4OS. The largest absolute Gasteiger partial charge is 0.381 e. The highest BCUT2D eigenvalue weighted by Gasteiger charge is 2.48. The van der Waals surface area contributed by atoms with E-state index in [2.05, 4.69) is 41.4 Å². The molecule has 0 bridgehead atoms. The third-order valence-electron chi connectivity index (χ3n) is 3.97. The molecule has 1 aliphatic carbocycles. The van der Waals surface area contributed by atoms with Crippen molar-refractivity contribution in [3.8, 4) is 0 Å². The minimum absolute atomic E-state index is 0.131. The number of methoxy groups -OCH3 is 1. The summed E-state index contributed by atoms with van der Waals surface area (Å²) in [6.45, 7) is 8.00. The Balaban J connectivity index is 1.94. The molecule has 6 heteroatoms. The monoisotopic (exact) mass is 296 g/mol. The van der Waals surface area contributed by atoms with Crippen molar-refractivity contribution < 1.29 is 4.74 Å². The Morgan fingerprint density at radius 2 is 2.40 bits per heavy atom. The molecule has 2 atom stereocenters. The molecule has 0 radical (unpaired) electrons. The second-order valence-electron chi connectivity index (χ2n) is 5.60. The van der Waals surface area contributed by atoms with Crippen LogP contribution in [-0.4, -0.2) is 36.7 Å². The predicted molar refractivity (Wildman–Crippen MR) is 83.0 cm³/mol. The standard InChI is InChI=1S/C14H24N4OS/c1-5-15-13(17-9-12-16-6-7-20-12)18-10-8-11(19-4)14(10,2)3/h6-7,10-11H,5,8-9H2,1-4H3,(H2,15,17,18). The first kappa shape index (κ1) is 15.3. The molecule has 0 amide bonds. The quantitative estimate of drug-likeness (QED) is 0.644. The van der Waals surface area contributed by atoms with Crippen molar-refractivity contribution in [2.75, 3.05) is 13.7 Å². The van der Waals surface area contributed by atoms with E-state index in [0.29, 0.717) is 18.7 Å². The predicted octanol–water partition coefficient (Wildman–Crippen LogP) is 2.01. The van der Waals surface area contributed by atoms with Crippen LogP contribution in [0.5, 0.6) is 0 Å². The summed E-state index contributed by atoms with van der Waals surface area (Å²) in [7, 11) is 1.78. The van der Waals surface area contributed by atoms with Gasteiger partial charge < -0.3 is 15.4 Å². The fourth-order valence-electron chi connectivity index (χ4n) is 2.49. The van der Waals surface area contributed by atoms with Crippen molar-refractivity contribution in [1.29, 1.82) is 0 Å². The van der Waals surface area contributed by atoms with Gasteiger partial charge in [0, 0.05) is 36.7 Å². The highest BCUT2D eigenvalue weighted by Crippen LogP contribution is 2.42. The van der Waals surface area contributed by atoms with Gasteiger partial charge in [0.05, 0.1) is 12.6 Å². The molecule has 0 aliphatic heterocycles. The van der Waals surface area contributed by atoms with Crippen LogP contribution in [0.4, 0.5) is 0 Å². The van der Waals surface area contributed by atoms with Gasteiger partial charge in [-0.3, -0.25) is 0 Å². The number of aliphatic imine (C=N–C) groups is 1. The Bertz CT molecular complexity index is 444. The van der Waals surface area contributed by atoms with Crippen LogP contribution in [0.25, 0.3) is 0 Å². The molecule has 1 fully saturated rings. The van der Waals surface area contributed by atoms with Gasteiger partial charge in [-0.1, -0.05) is 13.8 Å². The fourth-order valence-corrected chi connectivity index (χ4v) is 3.03. The average molecular weight is 296 g/mol. The summed E-state index contributed by atoms with van der Waals surface area (Å²) in [4.78, 5) is 8.85. The van der Waals surface area contributed by atoms with Crippen LogP contribution < -0.4 is 10.6 Å². The fraction of sp³-hybridized carbons (Fsp3) is 0.714. The minimum Gasteiger partial charge on any atom is -0.381 e. The van der Waals surface area contributed by atoms with Gasteiger partial charge >= 0.3 is 0 Å². The van der Waals surface area contributed by atoms with Gasteiger partial charge in [-0.05, 0) is 13.3 Å². The van der Waals surface area contributed by atoms with Crippen molar-refractivity contribution in [2.24, 2.45) is 10.4 Å². The van der Waals surface area contributed by atoms with Crippen molar-refractivity contribution in [2.45, 2.75) is 45.9 Å². The van der Waals surface area contributed by atoms with E-state index in [1.165, 1.54) is 0 Å². The number of hydrogen-bond acceptors (Lipinski definition) is 4. The molecule has 1 saturated carbocycles. The van der Waals surface area contributed by atoms with Crippen LogP contribution in [-0.2, 0) is 11.3 Å². The maximum Gasteiger partial charge on any atom is 0.191 e. The maximum atomic E-state index is 5.48. The Morgan fingerprint density at radius 1 is 1.60 bits per heavy atom. The molecule has 2 rings (SSSR count). The number of rotatable bonds is 5. The summed E-state index contributed by atoms with van der Waals surface area (Å²) in [6, 6.07) is 0.390. The smallest absolute Gasteiger partial charge is 0.191 e. The van der Waals surface area contributed by atoms with E-state index in [0.717, 1.165) is 23.9 Å². The Labute approximate surface area is 124 Å². The van der Waals surface area contributed by atoms with Gasteiger partial charge in [0.1, 0.15) is 5.01 Å². The van der Waals surface area contributed by atoms with E-state index in [-0.39, 0.29) is 5.41 Å². The lowest BCUT2D eigenvalue weighted by atomic mass is 9.64. The van der Waals surface area contributed by atoms with E-state index >= 15 is 0 Å². The van der Waals surface area contributed by atoms with Crippen molar-refractivity contribution in [3.05, 3.63) is 16.6 Å². The summed E-state index contributed by atoms with van der Waals surface area (Å²) < 4.78 is 5.48. The molecule has 112 valence electrons. The van der Waals surface area contributed by atoms with Crippen LogP contribution in [0, 0.1) is 5.41 Å². The third kappa shape index (κ3) is 3.30. The van der Waals surface area contributed by atoms with Crippen LogP contribution in [0.1, 0.15) is 32.2 Å².